The number of ketones is 1. The molecule has 1 rings (SSSR count). The van der Waals surface area contributed by atoms with Gasteiger partial charge in [0.05, 0.1) is 11.3 Å². The van der Waals surface area contributed by atoms with Crippen molar-refractivity contribution >= 4 is 17.7 Å². The number of benzene rings is 1. The van der Waals surface area contributed by atoms with Crippen molar-refractivity contribution in [2.75, 3.05) is 0 Å². The van der Waals surface area contributed by atoms with Crippen LogP contribution in [0.3, 0.4) is 0 Å². The topological polar surface area (TPSA) is 69.9 Å². The third-order valence-corrected chi connectivity index (χ3v) is 1.94. The Morgan fingerprint density at radius 1 is 1.38 bits per heavy atom. The molecule has 0 unspecified atom stereocenters. The van der Waals surface area contributed by atoms with Gasteiger partial charge in [-0.1, -0.05) is 6.07 Å². The first-order chi connectivity index (χ1) is 7.50. The maximum atomic E-state index is 11.1. The standard InChI is InChI=1S/C12H13NO3/c1-8(14)12(9(2)15)7-13-10-4-3-5-11(16)6-10/h3-7,14,16H,1-2H3/b12-8+,13-7?. The van der Waals surface area contributed by atoms with Gasteiger partial charge in [0.1, 0.15) is 11.5 Å². The van der Waals surface area contributed by atoms with Gasteiger partial charge >= 0.3 is 0 Å². The largest absolute Gasteiger partial charge is 0.512 e. The lowest BCUT2D eigenvalue weighted by atomic mass is 10.2. The molecule has 0 amide bonds. The summed E-state index contributed by atoms with van der Waals surface area (Å²) >= 11 is 0. The monoisotopic (exact) mass is 219 g/mol. The van der Waals surface area contributed by atoms with Crippen molar-refractivity contribution in [3.05, 3.63) is 35.6 Å². The molecule has 0 aliphatic carbocycles. The van der Waals surface area contributed by atoms with Crippen LogP contribution in [-0.2, 0) is 4.79 Å². The number of phenolic OH excluding ortho intramolecular Hbond substituents is 1. The summed E-state index contributed by atoms with van der Waals surface area (Å²) in [6.45, 7) is 2.77. The Labute approximate surface area is 93.6 Å². The van der Waals surface area contributed by atoms with Crippen LogP contribution in [0.2, 0.25) is 0 Å². The molecule has 16 heavy (non-hydrogen) atoms. The summed E-state index contributed by atoms with van der Waals surface area (Å²) in [4.78, 5) is 15.1. The third-order valence-electron chi connectivity index (χ3n) is 1.94. The third kappa shape index (κ3) is 3.24. The molecule has 0 atom stereocenters. The SMILES string of the molecule is CC(=O)/C(C=Nc1cccc(O)c1)=C(\C)O. The van der Waals surface area contributed by atoms with E-state index in [0.717, 1.165) is 0 Å². The molecular weight excluding hydrogens is 206 g/mol. The van der Waals surface area contributed by atoms with E-state index < -0.39 is 0 Å². The highest BCUT2D eigenvalue weighted by Gasteiger charge is 2.04. The number of carbonyl (C=O) groups is 1. The zero-order valence-electron chi connectivity index (χ0n) is 9.14. The Balaban J connectivity index is 2.96. The molecule has 4 nitrogen and oxygen atoms in total. The van der Waals surface area contributed by atoms with Gasteiger partial charge in [0.15, 0.2) is 5.78 Å². The summed E-state index contributed by atoms with van der Waals surface area (Å²) in [6, 6.07) is 6.31. The van der Waals surface area contributed by atoms with Crippen LogP contribution in [-0.4, -0.2) is 22.2 Å². The van der Waals surface area contributed by atoms with Crippen LogP contribution >= 0.6 is 0 Å². The van der Waals surface area contributed by atoms with E-state index in [1.807, 2.05) is 0 Å². The number of allylic oxidation sites excluding steroid dienone is 2. The number of aromatic hydroxyl groups is 1. The van der Waals surface area contributed by atoms with E-state index in [0.29, 0.717) is 5.69 Å². The molecule has 0 aromatic heterocycles. The van der Waals surface area contributed by atoms with E-state index in [1.54, 1.807) is 12.1 Å². The fourth-order valence-corrected chi connectivity index (χ4v) is 1.15. The van der Waals surface area contributed by atoms with Crippen LogP contribution < -0.4 is 0 Å². The normalized spacial score (nSPS) is 12.6. The van der Waals surface area contributed by atoms with Crippen LogP contribution in [0, 0.1) is 0 Å². The van der Waals surface area contributed by atoms with E-state index in [4.69, 9.17) is 0 Å². The number of aliphatic hydroxyl groups excluding tert-OH is 1. The zero-order chi connectivity index (χ0) is 12.1. The second kappa shape index (κ2) is 5.11. The van der Waals surface area contributed by atoms with Gasteiger partial charge in [-0.15, -0.1) is 0 Å². The average molecular weight is 219 g/mol. The van der Waals surface area contributed by atoms with Gasteiger partial charge < -0.3 is 10.2 Å². The smallest absolute Gasteiger partial charge is 0.164 e. The zero-order valence-corrected chi connectivity index (χ0v) is 9.14. The summed E-state index contributed by atoms with van der Waals surface area (Å²) in [5, 5.41) is 18.4. The van der Waals surface area contributed by atoms with Crippen molar-refractivity contribution in [1.82, 2.24) is 0 Å². The van der Waals surface area contributed by atoms with Crippen LogP contribution in [0.4, 0.5) is 5.69 Å². The molecule has 0 heterocycles. The molecule has 1 aromatic rings. The minimum atomic E-state index is -0.260. The minimum absolute atomic E-state index is 0.0728. The van der Waals surface area contributed by atoms with Gasteiger partial charge in [-0.2, -0.15) is 0 Å². The number of phenols is 1. The van der Waals surface area contributed by atoms with Crippen LogP contribution in [0.5, 0.6) is 5.75 Å². The van der Waals surface area contributed by atoms with Crippen molar-refractivity contribution in [2.45, 2.75) is 13.8 Å². The molecule has 0 aliphatic heterocycles. The Hall–Kier alpha value is -2.10. The summed E-state index contributed by atoms with van der Waals surface area (Å²) in [5.41, 5.74) is 0.670. The van der Waals surface area contributed by atoms with Crippen molar-refractivity contribution in [3.8, 4) is 5.75 Å². The molecule has 0 radical (unpaired) electrons. The van der Waals surface area contributed by atoms with E-state index >= 15 is 0 Å². The van der Waals surface area contributed by atoms with Crippen molar-refractivity contribution < 1.29 is 15.0 Å². The van der Waals surface area contributed by atoms with Gasteiger partial charge in [-0.05, 0) is 26.0 Å². The molecule has 0 spiro atoms. The van der Waals surface area contributed by atoms with E-state index in [2.05, 4.69) is 4.99 Å². The van der Waals surface area contributed by atoms with Gasteiger partial charge in [0.2, 0.25) is 0 Å². The first-order valence-corrected chi connectivity index (χ1v) is 4.74. The van der Waals surface area contributed by atoms with Gasteiger partial charge in [0, 0.05) is 12.3 Å². The molecular formula is C12H13NO3. The minimum Gasteiger partial charge on any atom is -0.512 e. The Bertz CT molecular complexity index is 457. The highest BCUT2D eigenvalue weighted by atomic mass is 16.3. The molecule has 0 bridgehead atoms. The molecule has 84 valence electrons. The van der Waals surface area contributed by atoms with Crippen LogP contribution in [0.25, 0.3) is 0 Å². The van der Waals surface area contributed by atoms with Gasteiger partial charge in [-0.25, -0.2) is 0 Å². The van der Waals surface area contributed by atoms with E-state index in [9.17, 15) is 15.0 Å². The molecule has 0 aliphatic rings. The van der Waals surface area contributed by atoms with Crippen LogP contribution in [0.1, 0.15) is 13.8 Å². The quantitative estimate of drug-likeness (QED) is 0.466. The van der Waals surface area contributed by atoms with Crippen LogP contribution in [0.15, 0.2) is 40.6 Å². The molecule has 0 saturated heterocycles. The average Bonchev–Trinajstić information content (AvgIpc) is 2.16. The lowest BCUT2D eigenvalue weighted by Crippen LogP contribution is -2.01. The summed E-state index contributed by atoms with van der Waals surface area (Å²) < 4.78 is 0. The fraction of sp³-hybridized carbons (Fsp3) is 0.167. The first kappa shape index (κ1) is 12.0. The number of aliphatic hydroxyl groups is 1. The van der Waals surface area contributed by atoms with E-state index in [-0.39, 0.29) is 22.9 Å². The second-order valence-electron chi connectivity index (χ2n) is 3.33. The lowest BCUT2D eigenvalue weighted by molar-refractivity contribution is -0.113. The molecule has 0 saturated carbocycles. The summed E-state index contributed by atoms with van der Waals surface area (Å²) in [6.07, 6.45) is 1.28. The maximum absolute atomic E-state index is 11.1. The number of hydrogen-bond donors (Lipinski definition) is 2. The van der Waals surface area contributed by atoms with Gasteiger partial charge in [-0.3, -0.25) is 9.79 Å². The second-order valence-corrected chi connectivity index (χ2v) is 3.33. The number of hydrogen-bond acceptors (Lipinski definition) is 4. The Morgan fingerprint density at radius 2 is 2.06 bits per heavy atom. The van der Waals surface area contributed by atoms with Gasteiger partial charge in [0.25, 0.3) is 0 Å². The van der Waals surface area contributed by atoms with Crippen molar-refractivity contribution in [1.29, 1.82) is 0 Å². The number of rotatable bonds is 3. The maximum Gasteiger partial charge on any atom is 0.164 e. The Kier molecular flexibility index (Phi) is 3.83. The fourth-order valence-electron chi connectivity index (χ4n) is 1.15. The van der Waals surface area contributed by atoms with E-state index in [1.165, 1.54) is 32.2 Å². The van der Waals surface area contributed by atoms with Crippen molar-refractivity contribution in [2.24, 2.45) is 4.99 Å². The highest BCUT2D eigenvalue weighted by Crippen LogP contribution is 2.18. The summed E-state index contributed by atoms with van der Waals surface area (Å²) in [7, 11) is 0. The molecule has 4 heteroatoms. The predicted molar refractivity (Wildman–Crippen MR) is 62.3 cm³/mol. The first-order valence-electron chi connectivity index (χ1n) is 4.74. The number of nitrogens with zero attached hydrogens (tertiary/aromatic N) is 1. The Morgan fingerprint density at radius 3 is 2.56 bits per heavy atom. The predicted octanol–water partition coefficient (Wildman–Crippen LogP) is 2.52. The van der Waals surface area contributed by atoms with Crippen molar-refractivity contribution in [3.63, 3.8) is 0 Å². The molecule has 2 N–H and O–H groups in total. The number of aliphatic imine (C=N–C) groups is 1. The molecule has 0 fully saturated rings. The number of carbonyl (C=O) groups excluding carboxylic acids is 1. The highest BCUT2D eigenvalue weighted by molar-refractivity contribution is 6.12. The number of Topliss-reactive ketones (excluding diaryl/α,β-unsaturated/α-hetero) is 1. The summed E-state index contributed by atoms with van der Waals surface area (Å²) in [5.74, 6) is -0.232. The molecule has 1 aromatic carbocycles. The lowest BCUT2D eigenvalue weighted by Gasteiger charge is -1.98.